The summed E-state index contributed by atoms with van der Waals surface area (Å²) in [6.45, 7) is 3.77. The molecule has 0 aliphatic heterocycles. The molecule has 1 aromatic carbocycles. The molecule has 0 radical (unpaired) electrons. The molecule has 0 heterocycles. The van der Waals surface area contributed by atoms with Crippen LogP contribution in [-0.2, 0) is 0 Å². The molecular weight excluding hydrogens is 256 g/mol. The van der Waals surface area contributed by atoms with Crippen LogP contribution in [0.25, 0.3) is 0 Å². The molecule has 0 aliphatic carbocycles. The third kappa shape index (κ3) is 3.40. The van der Waals surface area contributed by atoms with Gasteiger partial charge in [-0.2, -0.15) is 0 Å². The van der Waals surface area contributed by atoms with Crippen molar-refractivity contribution in [1.29, 1.82) is 5.41 Å². The summed E-state index contributed by atoms with van der Waals surface area (Å²) in [7, 11) is 1.54. The molecule has 0 saturated heterocycles. The molecule has 0 atom stereocenters. The highest BCUT2D eigenvalue weighted by molar-refractivity contribution is 5.97. The minimum atomic E-state index is -0.813. The molecule has 0 bridgehead atoms. The summed E-state index contributed by atoms with van der Waals surface area (Å²) in [6.07, 6.45) is 1.11. The molecule has 1 rings (SSSR count). The molecule has 5 N–H and O–H groups in total. The highest BCUT2D eigenvalue weighted by atomic mass is 16.5. The van der Waals surface area contributed by atoms with Crippen LogP contribution in [0.5, 0.6) is 5.75 Å². The third-order valence-electron chi connectivity index (χ3n) is 3.43. The number of urea groups is 1. The van der Waals surface area contributed by atoms with Gasteiger partial charge in [-0.05, 0) is 25.0 Å². The minimum absolute atomic E-state index is 0.0438. The Balaban J connectivity index is 2.84. The van der Waals surface area contributed by atoms with Crippen molar-refractivity contribution in [2.45, 2.75) is 32.2 Å². The Morgan fingerprint density at radius 2 is 1.95 bits per heavy atom. The number of amidine groups is 1. The highest BCUT2D eigenvalue weighted by Crippen LogP contribution is 2.23. The van der Waals surface area contributed by atoms with Gasteiger partial charge >= 0.3 is 6.03 Å². The van der Waals surface area contributed by atoms with E-state index in [0.29, 0.717) is 24.3 Å². The maximum Gasteiger partial charge on any atom is 0.320 e. The molecule has 2 amide bonds. The normalized spacial score (nSPS) is 10.8. The molecule has 110 valence electrons. The van der Waals surface area contributed by atoms with Gasteiger partial charge < -0.3 is 21.1 Å². The predicted molar refractivity (Wildman–Crippen MR) is 80.4 cm³/mol. The molecule has 0 aromatic heterocycles. The van der Waals surface area contributed by atoms with Gasteiger partial charge in [0.1, 0.15) is 11.6 Å². The Bertz CT molecular complexity index is 484. The summed E-state index contributed by atoms with van der Waals surface area (Å²) in [5.74, 6) is 0.529. The van der Waals surface area contributed by atoms with Crippen molar-refractivity contribution in [3.63, 3.8) is 0 Å². The summed E-state index contributed by atoms with van der Waals surface area (Å²) in [6, 6.07) is 6.71. The first kappa shape index (κ1) is 15.8. The Labute approximate surface area is 119 Å². The number of nitrogens with two attached hydrogens (primary N) is 1. The second-order valence-corrected chi connectivity index (χ2v) is 4.48. The zero-order chi connectivity index (χ0) is 15.2. The lowest BCUT2D eigenvalue weighted by Gasteiger charge is -2.31. The summed E-state index contributed by atoms with van der Waals surface area (Å²) in [5, 5.41) is 13.1. The van der Waals surface area contributed by atoms with Crippen molar-refractivity contribution in [3.05, 3.63) is 24.3 Å². The number of hydrogen-bond acceptors (Lipinski definition) is 3. The van der Waals surface area contributed by atoms with E-state index in [0.717, 1.165) is 0 Å². The van der Waals surface area contributed by atoms with Crippen molar-refractivity contribution in [2.24, 2.45) is 5.73 Å². The molecule has 0 unspecified atom stereocenters. The average molecular weight is 278 g/mol. The first-order chi connectivity index (χ1) is 9.49. The monoisotopic (exact) mass is 278 g/mol. The number of ether oxygens (including phenoxy) is 1. The Morgan fingerprint density at radius 1 is 1.35 bits per heavy atom. The molecule has 20 heavy (non-hydrogen) atoms. The number of methoxy groups -OCH3 is 1. The Kier molecular flexibility index (Phi) is 5.37. The largest absolute Gasteiger partial charge is 0.495 e. The van der Waals surface area contributed by atoms with Gasteiger partial charge in [-0.1, -0.05) is 26.0 Å². The van der Waals surface area contributed by atoms with Crippen molar-refractivity contribution < 1.29 is 9.53 Å². The maximum atomic E-state index is 12.1. The van der Waals surface area contributed by atoms with Gasteiger partial charge in [0, 0.05) is 0 Å². The van der Waals surface area contributed by atoms with Crippen LogP contribution in [0.4, 0.5) is 10.5 Å². The lowest BCUT2D eigenvalue weighted by molar-refractivity contribution is 0.243. The molecule has 0 fully saturated rings. The summed E-state index contributed by atoms with van der Waals surface area (Å²) in [5.41, 5.74) is 5.36. The second-order valence-electron chi connectivity index (χ2n) is 4.48. The number of para-hydroxylation sites is 2. The number of anilines is 1. The third-order valence-corrected chi connectivity index (χ3v) is 3.43. The van der Waals surface area contributed by atoms with Crippen LogP contribution < -0.4 is 21.1 Å². The van der Waals surface area contributed by atoms with Gasteiger partial charge in [-0.25, -0.2) is 4.79 Å². The van der Waals surface area contributed by atoms with Crippen molar-refractivity contribution >= 4 is 17.6 Å². The van der Waals surface area contributed by atoms with Gasteiger partial charge in [0.25, 0.3) is 0 Å². The van der Waals surface area contributed by atoms with Gasteiger partial charge in [-0.3, -0.25) is 5.41 Å². The fourth-order valence-electron chi connectivity index (χ4n) is 1.99. The van der Waals surface area contributed by atoms with E-state index >= 15 is 0 Å². The predicted octanol–water partition coefficient (Wildman–Crippen LogP) is 2.31. The maximum absolute atomic E-state index is 12.1. The molecule has 6 nitrogen and oxygen atoms in total. The summed E-state index contributed by atoms with van der Waals surface area (Å²) < 4.78 is 5.17. The summed E-state index contributed by atoms with van der Waals surface area (Å²) in [4.78, 5) is 12.1. The number of carbonyl (C=O) groups is 1. The number of hydrogen-bond donors (Lipinski definition) is 4. The van der Waals surface area contributed by atoms with Gasteiger partial charge in [0.05, 0.1) is 18.3 Å². The zero-order valence-corrected chi connectivity index (χ0v) is 12.1. The molecule has 6 heteroatoms. The number of carbonyl (C=O) groups excluding carboxylic acids is 1. The number of amides is 2. The van der Waals surface area contributed by atoms with Crippen LogP contribution in [0, 0.1) is 5.41 Å². The quantitative estimate of drug-likeness (QED) is 0.474. The fraction of sp³-hybridized carbons (Fsp3) is 0.429. The molecule has 1 aromatic rings. The van der Waals surface area contributed by atoms with E-state index in [-0.39, 0.29) is 5.84 Å². The zero-order valence-electron chi connectivity index (χ0n) is 12.1. The standard InChI is InChI=1S/C14H22N4O2/c1-4-14(5-2,12(15)16)18-13(19)17-10-8-6-7-9-11(10)20-3/h6-9H,4-5H2,1-3H3,(H3,15,16)(H2,17,18,19). The van der Waals surface area contributed by atoms with E-state index in [9.17, 15) is 4.79 Å². The van der Waals surface area contributed by atoms with E-state index < -0.39 is 11.6 Å². The van der Waals surface area contributed by atoms with Crippen molar-refractivity contribution in [3.8, 4) is 5.75 Å². The minimum Gasteiger partial charge on any atom is -0.495 e. The van der Waals surface area contributed by atoms with Crippen LogP contribution in [-0.4, -0.2) is 24.5 Å². The van der Waals surface area contributed by atoms with Gasteiger partial charge in [0.15, 0.2) is 0 Å². The van der Waals surface area contributed by atoms with E-state index in [1.165, 1.54) is 7.11 Å². The highest BCUT2D eigenvalue weighted by Gasteiger charge is 2.31. The van der Waals surface area contributed by atoms with E-state index in [1.807, 2.05) is 19.9 Å². The lowest BCUT2D eigenvalue weighted by Crippen LogP contribution is -2.57. The van der Waals surface area contributed by atoms with Crippen LogP contribution >= 0.6 is 0 Å². The lowest BCUT2D eigenvalue weighted by atomic mass is 9.92. The molecule has 0 saturated carbocycles. The Hall–Kier alpha value is -2.24. The van der Waals surface area contributed by atoms with Crippen LogP contribution in [0.2, 0.25) is 0 Å². The van der Waals surface area contributed by atoms with Crippen molar-refractivity contribution in [1.82, 2.24) is 5.32 Å². The SMILES string of the molecule is CCC(CC)(NC(=O)Nc1ccccc1OC)C(=N)N. The van der Waals surface area contributed by atoms with E-state index in [1.54, 1.807) is 18.2 Å². The average Bonchev–Trinajstić information content (AvgIpc) is 2.45. The fourth-order valence-corrected chi connectivity index (χ4v) is 1.99. The van der Waals surface area contributed by atoms with Gasteiger partial charge in [0.2, 0.25) is 0 Å². The Morgan fingerprint density at radius 3 is 2.45 bits per heavy atom. The second kappa shape index (κ2) is 6.79. The first-order valence-electron chi connectivity index (χ1n) is 6.55. The molecule has 0 aliphatic rings. The molecular formula is C14H22N4O2. The van der Waals surface area contributed by atoms with Crippen LogP contribution in [0.1, 0.15) is 26.7 Å². The number of nitrogens with one attached hydrogen (secondary N) is 3. The number of benzene rings is 1. The number of rotatable bonds is 6. The summed E-state index contributed by atoms with van der Waals surface area (Å²) >= 11 is 0. The van der Waals surface area contributed by atoms with E-state index in [2.05, 4.69) is 10.6 Å². The van der Waals surface area contributed by atoms with Crippen LogP contribution in [0.3, 0.4) is 0 Å². The van der Waals surface area contributed by atoms with Crippen LogP contribution in [0.15, 0.2) is 24.3 Å². The van der Waals surface area contributed by atoms with Crippen molar-refractivity contribution in [2.75, 3.05) is 12.4 Å². The molecule has 0 spiro atoms. The van der Waals surface area contributed by atoms with Gasteiger partial charge in [-0.15, -0.1) is 0 Å². The van der Waals surface area contributed by atoms with E-state index in [4.69, 9.17) is 15.9 Å². The first-order valence-corrected chi connectivity index (χ1v) is 6.55. The topological polar surface area (TPSA) is 100 Å². The smallest absolute Gasteiger partial charge is 0.320 e.